The molecule has 0 N–H and O–H groups in total. The molecule has 0 aliphatic rings. The van der Waals surface area contributed by atoms with Gasteiger partial charge in [-0.3, -0.25) is 4.79 Å². The van der Waals surface area contributed by atoms with Crippen LogP contribution in [0, 0.1) is 13.8 Å². The van der Waals surface area contributed by atoms with E-state index in [9.17, 15) is 4.79 Å². The van der Waals surface area contributed by atoms with Crippen LogP contribution in [0.15, 0.2) is 47.5 Å². The van der Waals surface area contributed by atoms with Crippen LogP contribution in [-0.2, 0) is 13.0 Å². The molecule has 0 saturated carbocycles. The number of hydrogen-bond acceptors (Lipinski definition) is 5. The number of ketones is 1. The van der Waals surface area contributed by atoms with Crippen LogP contribution in [-0.4, -0.2) is 24.6 Å². The number of Topliss-reactive ketones (excluding diaryl/α,β-unsaturated/α-hetero) is 1. The minimum atomic E-state index is 0. The van der Waals surface area contributed by atoms with Gasteiger partial charge < -0.3 is 14.0 Å². The Morgan fingerprint density at radius 3 is 2.30 bits per heavy atom. The Labute approximate surface area is 191 Å². The van der Waals surface area contributed by atoms with E-state index in [1.807, 2.05) is 49.4 Å². The van der Waals surface area contributed by atoms with Crippen molar-refractivity contribution in [2.45, 2.75) is 33.7 Å². The lowest BCUT2D eigenvalue weighted by atomic mass is 10.1. The summed E-state index contributed by atoms with van der Waals surface area (Å²) in [6.07, 6.45) is 0.788. The van der Waals surface area contributed by atoms with Gasteiger partial charge in [0.05, 0.1) is 24.8 Å². The molecule has 0 aliphatic carbocycles. The summed E-state index contributed by atoms with van der Waals surface area (Å²) in [5.41, 5.74) is 4.16. The van der Waals surface area contributed by atoms with Crippen molar-refractivity contribution in [1.82, 2.24) is 4.57 Å². The van der Waals surface area contributed by atoms with E-state index in [4.69, 9.17) is 14.5 Å². The van der Waals surface area contributed by atoms with E-state index < -0.39 is 0 Å². The van der Waals surface area contributed by atoms with Crippen LogP contribution >= 0.6 is 28.3 Å². The molecule has 0 radical (unpaired) electrons. The standard InChI is InChI=1S/C23H26N2O3S.BrH/c1-15-6-9-19(10-7-15)24-23-25(16(2)22(29-23)17(3)26)13-12-18-8-11-20(27-4)21(14-18)28-5;/h6-11,14H,12-13H2,1-5H3;1H. The molecule has 0 fully saturated rings. The number of rotatable bonds is 7. The van der Waals surface area contributed by atoms with Crippen molar-refractivity contribution in [3.05, 3.63) is 69.0 Å². The maximum atomic E-state index is 12.1. The van der Waals surface area contributed by atoms with Crippen molar-refractivity contribution in [3.8, 4) is 11.5 Å². The van der Waals surface area contributed by atoms with Gasteiger partial charge in [0.2, 0.25) is 0 Å². The smallest absolute Gasteiger partial charge is 0.190 e. The maximum Gasteiger partial charge on any atom is 0.190 e. The van der Waals surface area contributed by atoms with Gasteiger partial charge in [-0.05, 0) is 50.1 Å². The SMILES string of the molecule is Br.COc1ccc(CCn2c(C)c(C(C)=O)sc2=Nc2ccc(C)cc2)cc1OC. The number of ether oxygens (including phenoxy) is 2. The van der Waals surface area contributed by atoms with Crippen LogP contribution in [0.4, 0.5) is 5.69 Å². The number of nitrogens with zero attached hydrogens (tertiary/aromatic N) is 2. The minimum Gasteiger partial charge on any atom is -0.493 e. The number of benzene rings is 2. The molecule has 0 aliphatic heterocycles. The number of hydrogen-bond donors (Lipinski definition) is 0. The van der Waals surface area contributed by atoms with Crippen LogP contribution in [0.3, 0.4) is 0 Å². The fourth-order valence-electron chi connectivity index (χ4n) is 3.17. The van der Waals surface area contributed by atoms with E-state index in [1.165, 1.54) is 16.9 Å². The first-order valence-electron chi connectivity index (χ1n) is 9.46. The lowest BCUT2D eigenvalue weighted by molar-refractivity contribution is 0.102. The van der Waals surface area contributed by atoms with E-state index in [2.05, 4.69) is 11.5 Å². The quantitative estimate of drug-likeness (QED) is 0.414. The monoisotopic (exact) mass is 490 g/mol. The zero-order valence-corrected chi connectivity index (χ0v) is 20.4. The van der Waals surface area contributed by atoms with Crippen LogP contribution in [0.5, 0.6) is 11.5 Å². The summed E-state index contributed by atoms with van der Waals surface area (Å²) < 4.78 is 12.8. The molecule has 2 aromatic carbocycles. The van der Waals surface area contributed by atoms with Gasteiger partial charge in [-0.1, -0.05) is 35.1 Å². The van der Waals surface area contributed by atoms with Crippen LogP contribution in [0.25, 0.3) is 0 Å². The second kappa shape index (κ2) is 10.6. The first-order valence-corrected chi connectivity index (χ1v) is 10.3. The highest BCUT2D eigenvalue weighted by atomic mass is 79.9. The Hall–Kier alpha value is -2.38. The van der Waals surface area contributed by atoms with Crippen molar-refractivity contribution in [2.24, 2.45) is 4.99 Å². The summed E-state index contributed by atoms with van der Waals surface area (Å²) in [4.78, 5) is 18.5. The molecular formula is C23H27BrN2O3S. The average molecular weight is 491 g/mol. The Kier molecular flexibility index (Phi) is 8.43. The highest BCUT2D eigenvalue weighted by Gasteiger charge is 2.14. The highest BCUT2D eigenvalue weighted by Crippen LogP contribution is 2.28. The molecule has 0 atom stereocenters. The van der Waals surface area contributed by atoms with Crippen molar-refractivity contribution in [2.75, 3.05) is 14.2 Å². The molecule has 7 heteroatoms. The summed E-state index contributed by atoms with van der Waals surface area (Å²) in [5, 5.41) is 0. The summed E-state index contributed by atoms with van der Waals surface area (Å²) in [5.74, 6) is 1.49. The first kappa shape index (κ1) is 23.9. The molecule has 1 aromatic heterocycles. The molecular weight excluding hydrogens is 464 g/mol. The number of aryl methyl sites for hydroxylation is 2. The van der Waals surface area contributed by atoms with Gasteiger partial charge >= 0.3 is 0 Å². The number of carbonyl (C=O) groups excluding carboxylic acids is 1. The molecule has 1 heterocycles. The van der Waals surface area contributed by atoms with Crippen molar-refractivity contribution in [1.29, 1.82) is 0 Å². The third-order valence-corrected chi connectivity index (χ3v) is 6.09. The van der Waals surface area contributed by atoms with Gasteiger partial charge in [-0.2, -0.15) is 0 Å². The summed E-state index contributed by atoms with van der Waals surface area (Å²) in [7, 11) is 3.27. The van der Waals surface area contributed by atoms with Gasteiger partial charge in [0.15, 0.2) is 22.1 Å². The Morgan fingerprint density at radius 2 is 1.70 bits per heavy atom. The summed E-state index contributed by atoms with van der Waals surface area (Å²) >= 11 is 1.44. The second-order valence-corrected chi connectivity index (χ2v) is 7.87. The molecule has 0 unspecified atom stereocenters. The number of methoxy groups -OCH3 is 2. The lowest BCUT2D eigenvalue weighted by Crippen LogP contribution is -2.17. The molecule has 3 rings (SSSR count). The van der Waals surface area contributed by atoms with Gasteiger partial charge in [0, 0.05) is 19.2 Å². The Morgan fingerprint density at radius 1 is 1.03 bits per heavy atom. The average Bonchev–Trinajstić information content (AvgIpc) is 3.03. The molecule has 5 nitrogen and oxygen atoms in total. The third kappa shape index (κ3) is 5.40. The van der Waals surface area contributed by atoms with Crippen molar-refractivity contribution in [3.63, 3.8) is 0 Å². The third-order valence-electron chi connectivity index (χ3n) is 4.81. The topological polar surface area (TPSA) is 52.8 Å². The van der Waals surface area contributed by atoms with Crippen molar-refractivity contribution < 1.29 is 14.3 Å². The normalized spacial score (nSPS) is 11.2. The van der Waals surface area contributed by atoms with E-state index in [-0.39, 0.29) is 22.8 Å². The maximum absolute atomic E-state index is 12.1. The van der Waals surface area contributed by atoms with Gasteiger partial charge in [0.1, 0.15) is 0 Å². The van der Waals surface area contributed by atoms with Crippen LogP contribution < -0.4 is 14.3 Å². The van der Waals surface area contributed by atoms with E-state index in [0.29, 0.717) is 11.5 Å². The molecule has 160 valence electrons. The van der Waals surface area contributed by atoms with E-state index in [0.717, 1.165) is 39.6 Å². The van der Waals surface area contributed by atoms with E-state index >= 15 is 0 Å². The van der Waals surface area contributed by atoms with Crippen LogP contribution in [0.1, 0.15) is 33.4 Å². The summed E-state index contributed by atoms with van der Waals surface area (Å²) in [6.45, 7) is 6.36. The molecule has 0 bridgehead atoms. The van der Waals surface area contributed by atoms with Gasteiger partial charge in [0.25, 0.3) is 0 Å². The fraction of sp³-hybridized carbons (Fsp3) is 0.304. The molecule has 0 spiro atoms. The van der Waals surface area contributed by atoms with Gasteiger partial charge in [-0.25, -0.2) is 4.99 Å². The van der Waals surface area contributed by atoms with Gasteiger partial charge in [-0.15, -0.1) is 17.0 Å². The molecule has 3 aromatic rings. The molecule has 0 amide bonds. The lowest BCUT2D eigenvalue weighted by Gasteiger charge is -2.11. The summed E-state index contributed by atoms with van der Waals surface area (Å²) in [6, 6.07) is 14.0. The molecule has 30 heavy (non-hydrogen) atoms. The van der Waals surface area contributed by atoms with Crippen LogP contribution in [0.2, 0.25) is 0 Å². The number of halogens is 1. The largest absolute Gasteiger partial charge is 0.493 e. The predicted molar refractivity (Wildman–Crippen MR) is 127 cm³/mol. The second-order valence-electron chi connectivity index (χ2n) is 6.89. The predicted octanol–water partition coefficient (Wildman–Crippen LogP) is 5.44. The fourth-order valence-corrected chi connectivity index (χ4v) is 4.24. The number of thiazole rings is 1. The molecule has 0 saturated heterocycles. The minimum absolute atomic E-state index is 0. The highest BCUT2D eigenvalue weighted by molar-refractivity contribution is 8.93. The zero-order valence-electron chi connectivity index (χ0n) is 17.9. The van der Waals surface area contributed by atoms with E-state index in [1.54, 1.807) is 21.1 Å². The number of aromatic nitrogens is 1. The van der Waals surface area contributed by atoms with Crippen molar-refractivity contribution >= 4 is 39.8 Å². The number of carbonyl (C=O) groups is 1. The first-order chi connectivity index (χ1) is 13.9. The Bertz CT molecular complexity index is 1080. The zero-order chi connectivity index (χ0) is 21.0. The Balaban J connectivity index is 0.00000320.